The molecule has 0 N–H and O–H groups in total. The highest BCUT2D eigenvalue weighted by molar-refractivity contribution is 7.89. The van der Waals surface area contributed by atoms with Gasteiger partial charge in [0.25, 0.3) is 5.91 Å². The minimum Gasteiger partial charge on any atom is -0.309 e. The molecule has 0 saturated heterocycles. The van der Waals surface area contributed by atoms with Crippen LogP contribution >= 0.6 is 23.7 Å². The third-order valence-electron chi connectivity index (χ3n) is 5.43. The predicted octanol–water partition coefficient (Wildman–Crippen LogP) is 4.13. The van der Waals surface area contributed by atoms with E-state index in [2.05, 4.69) is 4.98 Å². The number of nitriles is 2. The third-order valence-corrected chi connectivity index (χ3v) is 8.40. The summed E-state index contributed by atoms with van der Waals surface area (Å²) < 4.78 is 28.3. The Labute approximate surface area is 228 Å². The van der Waals surface area contributed by atoms with Gasteiger partial charge < -0.3 is 4.90 Å². The van der Waals surface area contributed by atoms with Gasteiger partial charge in [-0.3, -0.25) is 9.69 Å². The van der Waals surface area contributed by atoms with Crippen molar-refractivity contribution in [3.05, 3.63) is 54.1 Å². The summed E-state index contributed by atoms with van der Waals surface area (Å²) in [5.41, 5.74) is 1.16. The molecule has 0 saturated carbocycles. The smallest absolute Gasteiger partial charge is 0.260 e. The van der Waals surface area contributed by atoms with Gasteiger partial charge in [-0.25, -0.2) is 13.4 Å². The summed E-state index contributed by atoms with van der Waals surface area (Å²) in [4.78, 5) is 21.9. The summed E-state index contributed by atoms with van der Waals surface area (Å²) in [6.07, 6.45) is 0.782. The number of sulfonamides is 1. The Morgan fingerprint density at radius 2 is 1.57 bits per heavy atom. The van der Waals surface area contributed by atoms with Crippen molar-refractivity contribution in [3.8, 4) is 12.1 Å². The fourth-order valence-electron chi connectivity index (χ4n) is 3.58. The van der Waals surface area contributed by atoms with E-state index in [1.54, 1.807) is 4.90 Å². The molecule has 0 radical (unpaired) electrons. The van der Waals surface area contributed by atoms with Crippen molar-refractivity contribution in [3.63, 3.8) is 0 Å². The molecule has 3 aromatic rings. The van der Waals surface area contributed by atoms with Gasteiger partial charge >= 0.3 is 0 Å². The minimum atomic E-state index is -3.91. The molecule has 1 aromatic heterocycles. The molecule has 3 rings (SSSR count). The van der Waals surface area contributed by atoms with E-state index in [-0.39, 0.29) is 49.1 Å². The van der Waals surface area contributed by atoms with Crippen molar-refractivity contribution in [2.24, 2.45) is 0 Å². The number of rotatable bonds is 12. The Bertz CT molecular complexity index is 1330. The second kappa shape index (κ2) is 14.0. The van der Waals surface area contributed by atoms with E-state index in [0.717, 1.165) is 27.5 Å². The van der Waals surface area contributed by atoms with Gasteiger partial charge in [0.2, 0.25) is 10.0 Å². The van der Waals surface area contributed by atoms with Crippen LogP contribution in [-0.4, -0.2) is 68.8 Å². The van der Waals surface area contributed by atoms with Gasteiger partial charge in [-0.15, -0.1) is 12.4 Å². The normalized spacial score (nSPS) is 11.2. The summed E-state index contributed by atoms with van der Waals surface area (Å²) in [6, 6.07) is 17.3. The van der Waals surface area contributed by atoms with Crippen molar-refractivity contribution in [1.29, 1.82) is 10.5 Å². The fourth-order valence-corrected chi connectivity index (χ4v) is 6.01. The number of halogens is 1. The van der Waals surface area contributed by atoms with Crippen LogP contribution in [0.1, 0.15) is 29.6 Å². The first kappa shape index (κ1) is 30.2. The van der Waals surface area contributed by atoms with Crippen molar-refractivity contribution >= 4 is 55.0 Å². The molecule has 12 heteroatoms. The summed E-state index contributed by atoms with van der Waals surface area (Å²) in [6.45, 7) is 1.26. The molecule has 37 heavy (non-hydrogen) atoms. The topological polar surface area (TPSA) is 121 Å². The van der Waals surface area contributed by atoms with Crippen molar-refractivity contribution < 1.29 is 13.2 Å². The number of carbonyl (C=O) groups is 1. The monoisotopic (exact) mass is 560 g/mol. The first-order chi connectivity index (χ1) is 17.3. The largest absolute Gasteiger partial charge is 0.309 e. The van der Waals surface area contributed by atoms with Crippen LogP contribution < -0.4 is 4.90 Å². The number of para-hydroxylation sites is 1. The molecule has 0 aliphatic heterocycles. The number of anilines is 1. The Morgan fingerprint density at radius 3 is 2.14 bits per heavy atom. The lowest BCUT2D eigenvalue weighted by molar-refractivity contribution is 0.0986. The van der Waals surface area contributed by atoms with Crippen LogP contribution in [0.4, 0.5) is 5.13 Å². The standard InChI is InChI=1S/C25H28N6O3S2.ClH/c1-29(2)16-7-19-31(25-28-22-8-3-4-9-23(22)35-25)24(32)20-10-12-21(13-11-20)36(33,34)30(17-5-14-26)18-6-15-27;/h3-4,8-13H,5-7,16-19H2,1-2H3;1H. The van der Waals surface area contributed by atoms with Gasteiger partial charge in [-0.2, -0.15) is 14.8 Å². The zero-order valence-electron chi connectivity index (χ0n) is 20.7. The van der Waals surface area contributed by atoms with E-state index in [1.807, 2.05) is 55.4 Å². The summed E-state index contributed by atoms with van der Waals surface area (Å²) in [7, 11) is 0.0325. The van der Waals surface area contributed by atoms with Crippen molar-refractivity contribution in [2.45, 2.75) is 24.2 Å². The number of aromatic nitrogens is 1. The molecule has 0 unspecified atom stereocenters. The molecule has 1 heterocycles. The van der Waals surface area contributed by atoms with Crippen LogP contribution in [-0.2, 0) is 10.0 Å². The number of hydrogen-bond donors (Lipinski definition) is 0. The van der Waals surface area contributed by atoms with Gasteiger partial charge in [-0.05, 0) is 63.5 Å². The lowest BCUT2D eigenvalue weighted by atomic mass is 10.2. The molecule has 2 aromatic carbocycles. The number of carbonyl (C=O) groups excluding carboxylic acids is 1. The highest BCUT2D eigenvalue weighted by Crippen LogP contribution is 2.30. The molecule has 0 spiro atoms. The van der Waals surface area contributed by atoms with E-state index >= 15 is 0 Å². The fraction of sp³-hybridized carbons (Fsp3) is 0.360. The molecule has 1 amide bonds. The quantitative estimate of drug-likeness (QED) is 0.326. The molecule has 0 fully saturated rings. The summed E-state index contributed by atoms with van der Waals surface area (Å²) in [5.74, 6) is -0.262. The molecule has 0 aliphatic rings. The molecule has 9 nitrogen and oxygen atoms in total. The van der Waals surface area contributed by atoms with E-state index < -0.39 is 10.0 Å². The second-order valence-corrected chi connectivity index (χ2v) is 11.3. The highest BCUT2D eigenvalue weighted by atomic mass is 35.5. The lowest BCUT2D eigenvalue weighted by Crippen LogP contribution is -2.34. The SMILES string of the molecule is CN(C)CCCN(C(=O)c1ccc(S(=O)(=O)N(CCC#N)CCC#N)cc1)c1nc2ccccc2s1.Cl. The van der Waals surface area contributed by atoms with Crippen molar-refractivity contribution in [1.82, 2.24) is 14.2 Å². The maximum Gasteiger partial charge on any atom is 0.260 e. The average Bonchev–Trinajstić information content (AvgIpc) is 3.30. The first-order valence-electron chi connectivity index (χ1n) is 11.4. The van der Waals surface area contributed by atoms with Crippen LogP contribution in [0.2, 0.25) is 0 Å². The maximum absolute atomic E-state index is 13.5. The van der Waals surface area contributed by atoms with E-state index in [4.69, 9.17) is 10.5 Å². The maximum atomic E-state index is 13.5. The second-order valence-electron chi connectivity index (χ2n) is 8.32. The van der Waals surface area contributed by atoms with Gasteiger partial charge in [0.1, 0.15) is 0 Å². The molecule has 0 bridgehead atoms. The number of fused-ring (bicyclic) bond motifs is 1. The van der Waals surface area contributed by atoms with Gasteiger partial charge in [0.05, 0.1) is 27.3 Å². The molecular formula is C25H29ClN6O3S2. The van der Waals surface area contributed by atoms with E-state index in [0.29, 0.717) is 17.2 Å². The van der Waals surface area contributed by atoms with Gasteiger partial charge in [0.15, 0.2) is 5.13 Å². The molecule has 196 valence electrons. The van der Waals surface area contributed by atoms with Crippen LogP contribution in [0.15, 0.2) is 53.4 Å². The molecular weight excluding hydrogens is 532 g/mol. The Morgan fingerprint density at radius 1 is 0.946 bits per heavy atom. The number of benzene rings is 2. The lowest BCUT2D eigenvalue weighted by Gasteiger charge is -2.22. The van der Waals surface area contributed by atoms with E-state index in [9.17, 15) is 13.2 Å². The zero-order valence-corrected chi connectivity index (χ0v) is 23.2. The third kappa shape index (κ3) is 7.71. The van der Waals surface area contributed by atoms with Crippen molar-refractivity contribution in [2.75, 3.05) is 45.2 Å². The highest BCUT2D eigenvalue weighted by Gasteiger charge is 2.26. The molecule has 0 atom stereocenters. The Kier molecular flexibility index (Phi) is 11.4. The Hall–Kier alpha value is -3.06. The number of amides is 1. The van der Waals surface area contributed by atoms with Gasteiger partial charge in [0, 0.05) is 38.0 Å². The number of thiazole rings is 1. The van der Waals surface area contributed by atoms with Crippen LogP contribution in [0.3, 0.4) is 0 Å². The zero-order chi connectivity index (χ0) is 26.1. The summed E-state index contributed by atoms with van der Waals surface area (Å²) >= 11 is 1.44. The van der Waals surface area contributed by atoms with Gasteiger partial charge in [-0.1, -0.05) is 23.5 Å². The average molecular weight is 561 g/mol. The summed E-state index contributed by atoms with van der Waals surface area (Å²) in [5, 5.41) is 18.3. The number of nitrogens with zero attached hydrogens (tertiary/aromatic N) is 6. The predicted molar refractivity (Wildman–Crippen MR) is 147 cm³/mol. The number of hydrogen-bond acceptors (Lipinski definition) is 8. The van der Waals surface area contributed by atoms with E-state index in [1.165, 1.54) is 35.6 Å². The minimum absolute atomic E-state index is 0. The van der Waals surface area contributed by atoms with Crippen LogP contribution in [0.25, 0.3) is 10.2 Å². The van der Waals surface area contributed by atoms with Crippen LogP contribution in [0, 0.1) is 22.7 Å². The first-order valence-corrected chi connectivity index (χ1v) is 13.7. The Balaban J connectivity index is 0.00000481. The van der Waals surface area contributed by atoms with Crippen LogP contribution in [0.5, 0.6) is 0 Å². The molecule has 0 aliphatic carbocycles.